The normalized spacial score (nSPS) is 9.94. The highest BCUT2D eigenvalue weighted by Gasteiger charge is 2.07. The van der Waals surface area contributed by atoms with Gasteiger partial charge in [0.1, 0.15) is 17.2 Å². The third kappa shape index (κ3) is 2.57. The SMILES string of the molecule is CNC(=O)c1cc(Oc2ccc(N)cc2)c[nH]1. The second-order valence-electron chi connectivity index (χ2n) is 3.50. The summed E-state index contributed by atoms with van der Waals surface area (Å²) in [5, 5.41) is 2.52. The van der Waals surface area contributed by atoms with Crippen molar-refractivity contribution in [2.45, 2.75) is 0 Å². The molecule has 5 heteroatoms. The van der Waals surface area contributed by atoms with E-state index >= 15 is 0 Å². The number of nitrogens with two attached hydrogens (primary N) is 1. The minimum atomic E-state index is -0.183. The average Bonchev–Trinajstić information content (AvgIpc) is 2.80. The van der Waals surface area contributed by atoms with Gasteiger partial charge in [-0.05, 0) is 24.3 Å². The lowest BCUT2D eigenvalue weighted by Gasteiger charge is -2.02. The summed E-state index contributed by atoms with van der Waals surface area (Å²) in [6, 6.07) is 8.67. The molecular formula is C12H13N3O2. The summed E-state index contributed by atoms with van der Waals surface area (Å²) in [7, 11) is 1.57. The number of nitrogens with one attached hydrogen (secondary N) is 2. The molecule has 4 N–H and O–H groups in total. The molecule has 1 amide bonds. The molecule has 0 saturated heterocycles. The van der Waals surface area contributed by atoms with Crippen LogP contribution in [0.1, 0.15) is 10.5 Å². The van der Waals surface area contributed by atoms with Gasteiger partial charge < -0.3 is 20.8 Å². The largest absolute Gasteiger partial charge is 0.456 e. The molecule has 0 bridgehead atoms. The number of aromatic amines is 1. The summed E-state index contributed by atoms with van der Waals surface area (Å²) in [4.78, 5) is 14.1. The highest BCUT2D eigenvalue weighted by molar-refractivity contribution is 5.92. The molecule has 0 aliphatic heterocycles. The van der Waals surface area contributed by atoms with Crippen molar-refractivity contribution in [2.24, 2.45) is 0 Å². The molecule has 1 aromatic heterocycles. The van der Waals surface area contributed by atoms with E-state index in [1.54, 1.807) is 43.6 Å². The van der Waals surface area contributed by atoms with E-state index in [0.717, 1.165) is 0 Å². The number of carbonyl (C=O) groups excluding carboxylic acids is 1. The predicted octanol–water partition coefficient (Wildman–Crippen LogP) is 1.75. The van der Waals surface area contributed by atoms with Gasteiger partial charge in [-0.2, -0.15) is 0 Å². The second-order valence-corrected chi connectivity index (χ2v) is 3.50. The Morgan fingerprint density at radius 2 is 2.00 bits per heavy atom. The van der Waals surface area contributed by atoms with Crippen LogP contribution in [-0.4, -0.2) is 17.9 Å². The van der Waals surface area contributed by atoms with E-state index in [4.69, 9.17) is 10.5 Å². The summed E-state index contributed by atoms with van der Waals surface area (Å²) < 4.78 is 5.54. The van der Waals surface area contributed by atoms with Gasteiger partial charge in [0.05, 0.1) is 0 Å². The van der Waals surface area contributed by atoms with E-state index in [9.17, 15) is 4.79 Å². The lowest BCUT2D eigenvalue weighted by Crippen LogP contribution is -2.17. The van der Waals surface area contributed by atoms with Crippen LogP contribution in [0.25, 0.3) is 0 Å². The molecule has 0 radical (unpaired) electrons. The summed E-state index contributed by atoms with van der Waals surface area (Å²) in [6.45, 7) is 0. The van der Waals surface area contributed by atoms with E-state index in [-0.39, 0.29) is 5.91 Å². The van der Waals surface area contributed by atoms with Crippen LogP contribution in [0.2, 0.25) is 0 Å². The number of hydrogen-bond acceptors (Lipinski definition) is 3. The van der Waals surface area contributed by atoms with Crippen molar-refractivity contribution in [3.8, 4) is 11.5 Å². The van der Waals surface area contributed by atoms with Gasteiger partial charge in [-0.15, -0.1) is 0 Å². The Kier molecular flexibility index (Phi) is 3.00. The minimum absolute atomic E-state index is 0.183. The topological polar surface area (TPSA) is 80.1 Å². The van der Waals surface area contributed by atoms with Gasteiger partial charge in [0.2, 0.25) is 0 Å². The smallest absolute Gasteiger partial charge is 0.267 e. The van der Waals surface area contributed by atoms with Gasteiger partial charge in [0.25, 0.3) is 5.91 Å². The van der Waals surface area contributed by atoms with Gasteiger partial charge in [-0.25, -0.2) is 0 Å². The van der Waals surface area contributed by atoms with Crippen LogP contribution in [0.15, 0.2) is 36.5 Å². The molecule has 0 spiro atoms. The van der Waals surface area contributed by atoms with E-state index in [1.807, 2.05) is 0 Å². The maximum Gasteiger partial charge on any atom is 0.267 e. The Labute approximate surface area is 98.6 Å². The van der Waals surface area contributed by atoms with Gasteiger partial charge in [0, 0.05) is 25.0 Å². The first-order valence-electron chi connectivity index (χ1n) is 5.13. The Bertz CT molecular complexity index is 517. The first-order chi connectivity index (χ1) is 8.19. The van der Waals surface area contributed by atoms with Gasteiger partial charge in [-0.3, -0.25) is 4.79 Å². The zero-order valence-electron chi connectivity index (χ0n) is 9.36. The molecule has 1 aromatic carbocycles. The molecule has 0 aliphatic carbocycles. The minimum Gasteiger partial charge on any atom is -0.456 e. The first kappa shape index (κ1) is 11.1. The van der Waals surface area contributed by atoms with Crippen molar-refractivity contribution in [1.82, 2.24) is 10.3 Å². The van der Waals surface area contributed by atoms with E-state index in [1.165, 1.54) is 0 Å². The van der Waals surface area contributed by atoms with Crippen molar-refractivity contribution in [2.75, 3.05) is 12.8 Å². The molecule has 0 saturated carbocycles. The number of amides is 1. The third-order valence-electron chi connectivity index (χ3n) is 2.24. The summed E-state index contributed by atoms with van der Waals surface area (Å²) in [5.74, 6) is 1.06. The Balaban J connectivity index is 2.11. The zero-order chi connectivity index (χ0) is 12.3. The Morgan fingerprint density at radius 3 is 2.65 bits per heavy atom. The van der Waals surface area contributed by atoms with Gasteiger partial charge in [0.15, 0.2) is 0 Å². The number of benzene rings is 1. The Morgan fingerprint density at radius 1 is 1.29 bits per heavy atom. The molecule has 0 atom stereocenters. The van der Waals surface area contributed by atoms with Crippen LogP contribution in [0.3, 0.4) is 0 Å². The van der Waals surface area contributed by atoms with Crippen molar-refractivity contribution in [3.63, 3.8) is 0 Å². The summed E-state index contributed by atoms with van der Waals surface area (Å²) >= 11 is 0. The summed E-state index contributed by atoms with van der Waals surface area (Å²) in [5.41, 5.74) is 6.70. The molecular weight excluding hydrogens is 218 g/mol. The molecule has 5 nitrogen and oxygen atoms in total. The fraction of sp³-hybridized carbons (Fsp3) is 0.0833. The Hall–Kier alpha value is -2.43. The second kappa shape index (κ2) is 4.61. The first-order valence-corrected chi connectivity index (χ1v) is 5.13. The quantitative estimate of drug-likeness (QED) is 0.704. The van der Waals surface area contributed by atoms with Crippen molar-refractivity contribution in [3.05, 3.63) is 42.2 Å². The highest BCUT2D eigenvalue weighted by Crippen LogP contribution is 2.22. The molecule has 2 rings (SSSR count). The number of hydrogen-bond donors (Lipinski definition) is 3. The summed E-state index contributed by atoms with van der Waals surface area (Å²) in [6.07, 6.45) is 1.63. The maximum absolute atomic E-state index is 11.3. The number of aromatic nitrogens is 1. The van der Waals surface area contributed by atoms with Gasteiger partial charge in [-0.1, -0.05) is 0 Å². The van der Waals surface area contributed by atoms with Crippen molar-refractivity contribution >= 4 is 11.6 Å². The molecule has 1 heterocycles. The van der Waals surface area contributed by atoms with Crippen LogP contribution in [0, 0.1) is 0 Å². The van der Waals surface area contributed by atoms with E-state index in [0.29, 0.717) is 22.9 Å². The van der Waals surface area contributed by atoms with E-state index in [2.05, 4.69) is 10.3 Å². The number of H-pyrrole nitrogens is 1. The average molecular weight is 231 g/mol. The fourth-order valence-electron chi connectivity index (χ4n) is 1.37. The number of rotatable bonds is 3. The molecule has 0 fully saturated rings. The lowest BCUT2D eigenvalue weighted by atomic mass is 10.3. The van der Waals surface area contributed by atoms with Gasteiger partial charge >= 0.3 is 0 Å². The fourth-order valence-corrected chi connectivity index (χ4v) is 1.37. The van der Waals surface area contributed by atoms with Crippen LogP contribution in [-0.2, 0) is 0 Å². The number of ether oxygens (including phenoxy) is 1. The molecule has 17 heavy (non-hydrogen) atoms. The van der Waals surface area contributed by atoms with Crippen LogP contribution < -0.4 is 15.8 Å². The molecule has 2 aromatic rings. The maximum atomic E-state index is 11.3. The standard InChI is InChI=1S/C12H13N3O2/c1-14-12(16)11-6-10(7-15-11)17-9-4-2-8(13)3-5-9/h2-7,15H,13H2,1H3,(H,14,16). The molecule has 0 unspecified atom stereocenters. The van der Waals surface area contributed by atoms with Crippen LogP contribution >= 0.6 is 0 Å². The number of anilines is 1. The number of nitrogen functional groups attached to an aromatic ring is 1. The highest BCUT2D eigenvalue weighted by atomic mass is 16.5. The lowest BCUT2D eigenvalue weighted by molar-refractivity contribution is 0.0958. The monoisotopic (exact) mass is 231 g/mol. The van der Waals surface area contributed by atoms with Crippen molar-refractivity contribution in [1.29, 1.82) is 0 Å². The van der Waals surface area contributed by atoms with Crippen LogP contribution in [0.5, 0.6) is 11.5 Å². The van der Waals surface area contributed by atoms with Crippen molar-refractivity contribution < 1.29 is 9.53 Å². The predicted molar refractivity (Wildman–Crippen MR) is 65.1 cm³/mol. The van der Waals surface area contributed by atoms with E-state index < -0.39 is 0 Å². The molecule has 0 aliphatic rings. The van der Waals surface area contributed by atoms with Crippen LogP contribution in [0.4, 0.5) is 5.69 Å². The third-order valence-corrected chi connectivity index (χ3v) is 2.24. The molecule has 88 valence electrons. The zero-order valence-corrected chi connectivity index (χ0v) is 9.36. The number of carbonyl (C=O) groups is 1.